The van der Waals surface area contributed by atoms with Crippen molar-refractivity contribution in [2.24, 2.45) is 23.2 Å². The summed E-state index contributed by atoms with van der Waals surface area (Å²) < 4.78 is 0. The Hall–Kier alpha value is 0. The first kappa shape index (κ1) is 7.41. The molecule has 0 spiro atoms. The van der Waals surface area contributed by atoms with Gasteiger partial charge in [0, 0.05) is 0 Å². The van der Waals surface area contributed by atoms with Crippen molar-refractivity contribution in [1.82, 2.24) is 0 Å². The van der Waals surface area contributed by atoms with Gasteiger partial charge in [-0.25, -0.2) is 0 Å². The van der Waals surface area contributed by atoms with Crippen molar-refractivity contribution < 1.29 is 0 Å². The third-order valence-corrected chi connectivity index (χ3v) is 5.39. The van der Waals surface area contributed by atoms with Crippen LogP contribution in [0.4, 0.5) is 0 Å². The Labute approximate surface area is 75.7 Å². The predicted molar refractivity (Wildman–Crippen MR) is 50.9 cm³/mol. The van der Waals surface area contributed by atoms with Crippen molar-refractivity contribution in [3.63, 3.8) is 0 Å². The predicted octanol–water partition coefficient (Wildman–Crippen LogP) is 3.61. The van der Waals surface area contributed by atoms with E-state index in [1.54, 1.807) is 38.5 Å². The van der Waals surface area contributed by atoms with Crippen LogP contribution in [0.1, 0.15) is 51.9 Å². The Morgan fingerprint density at radius 2 is 2.08 bits per heavy atom. The summed E-state index contributed by atoms with van der Waals surface area (Å²) >= 11 is 0. The van der Waals surface area contributed by atoms with Gasteiger partial charge >= 0.3 is 0 Å². The molecule has 3 saturated carbocycles. The van der Waals surface area contributed by atoms with Gasteiger partial charge < -0.3 is 0 Å². The van der Waals surface area contributed by atoms with Crippen molar-refractivity contribution >= 4 is 0 Å². The van der Waals surface area contributed by atoms with Crippen molar-refractivity contribution in [3.8, 4) is 0 Å². The van der Waals surface area contributed by atoms with Crippen LogP contribution in [0.25, 0.3) is 0 Å². The molecule has 12 heavy (non-hydrogen) atoms. The summed E-state index contributed by atoms with van der Waals surface area (Å²) in [7, 11) is 0. The van der Waals surface area contributed by atoms with Gasteiger partial charge in [-0.1, -0.05) is 13.3 Å². The van der Waals surface area contributed by atoms with Gasteiger partial charge in [-0.3, -0.25) is 0 Å². The molecule has 0 saturated heterocycles. The topological polar surface area (TPSA) is 0 Å². The summed E-state index contributed by atoms with van der Waals surface area (Å²) in [6.07, 6.45) is 11.0. The molecule has 0 aromatic heterocycles. The molecule has 0 heterocycles. The van der Waals surface area contributed by atoms with E-state index in [9.17, 15) is 0 Å². The molecule has 0 nitrogen and oxygen atoms in total. The summed E-state index contributed by atoms with van der Waals surface area (Å²) in [4.78, 5) is 0. The number of fused-ring (bicyclic) bond motifs is 6. The van der Waals surface area contributed by atoms with Crippen LogP contribution in [-0.4, -0.2) is 0 Å². The lowest BCUT2D eigenvalue weighted by molar-refractivity contribution is 0.116. The number of rotatable bonds is 1. The molecule has 0 amide bonds. The molecule has 0 N–H and O–H groups in total. The molecule has 0 aliphatic heterocycles. The van der Waals surface area contributed by atoms with E-state index in [1.165, 1.54) is 6.42 Å². The molecule has 0 aromatic rings. The first-order chi connectivity index (χ1) is 5.84. The van der Waals surface area contributed by atoms with E-state index in [-0.39, 0.29) is 0 Å². The van der Waals surface area contributed by atoms with Gasteiger partial charge in [-0.05, 0) is 61.7 Å². The Morgan fingerprint density at radius 3 is 2.92 bits per heavy atom. The highest BCUT2D eigenvalue weighted by atomic mass is 14.6. The summed E-state index contributed by atoms with van der Waals surface area (Å²) in [6, 6.07) is 0. The zero-order chi connectivity index (χ0) is 8.18. The Bertz CT molecular complexity index is 196. The maximum Gasteiger partial charge on any atom is -0.0269 e. The van der Waals surface area contributed by atoms with Crippen molar-refractivity contribution in [3.05, 3.63) is 0 Å². The molecule has 0 heteroatoms. The molecular weight excluding hydrogens is 144 g/mol. The van der Waals surface area contributed by atoms with E-state index in [0.717, 1.165) is 23.2 Å². The fourth-order valence-electron chi connectivity index (χ4n) is 4.58. The maximum atomic E-state index is 2.43. The van der Waals surface area contributed by atoms with Crippen LogP contribution in [0.15, 0.2) is 0 Å². The average Bonchev–Trinajstić information content (AvgIpc) is 2.61. The average molecular weight is 164 g/mol. The van der Waals surface area contributed by atoms with Crippen molar-refractivity contribution in [2.75, 3.05) is 0 Å². The Balaban J connectivity index is 1.95. The minimum Gasteiger partial charge on any atom is -0.0648 e. The van der Waals surface area contributed by atoms with Crippen LogP contribution >= 0.6 is 0 Å². The van der Waals surface area contributed by atoms with Crippen molar-refractivity contribution in [2.45, 2.75) is 51.9 Å². The zero-order valence-corrected chi connectivity index (χ0v) is 8.18. The van der Waals surface area contributed by atoms with E-state index in [2.05, 4.69) is 6.92 Å². The van der Waals surface area contributed by atoms with E-state index in [0.29, 0.717) is 0 Å². The smallest absolute Gasteiger partial charge is 0.0269 e. The van der Waals surface area contributed by atoms with Crippen LogP contribution in [0.3, 0.4) is 0 Å². The number of hydrogen-bond donors (Lipinski definition) is 0. The van der Waals surface area contributed by atoms with E-state index in [4.69, 9.17) is 0 Å². The normalized spacial score (nSPS) is 56.2. The highest BCUT2D eigenvalue weighted by molar-refractivity contribution is 5.03. The minimum atomic E-state index is 0.845. The molecule has 3 aliphatic carbocycles. The van der Waals surface area contributed by atoms with Crippen LogP contribution in [0, 0.1) is 23.2 Å². The third-order valence-electron chi connectivity index (χ3n) is 5.39. The van der Waals surface area contributed by atoms with Gasteiger partial charge in [0.25, 0.3) is 0 Å². The van der Waals surface area contributed by atoms with Gasteiger partial charge in [0.2, 0.25) is 0 Å². The van der Waals surface area contributed by atoms with Gasteiger partial charge in [0.05, 0.1) is 0 Å². The first-order valence-electron chi connectivity index (χ1n) is 5.84. The molecule has 3 fully saturated rings. The lowest BCUT2D eigenvalue weighted by Gasteiger charge is -2.38. The fourth-order valence-corrected chi connectivity index (χ4v) is 4.58. The monoisotopic (exact) mass is 164 g/mol. The lowest BCUT2D eigenvalue weighted by Crippen LogP contribution is -2.29. The van der Waals surface area contributed by atoms with Crippen LogP contribution in [0.2, 0.25) is 0 Å². The fraction of sp³-hybridized carbons (Fsp3) is 1.00. The zero-order valence-electron chi connectivity index (χ0n) is 8.18. The molecule has 3 unspecified atom stereocenters. The Morgan fingerprint density at radius 1 is 1.17 bits per heavy atom. The second kappa shape index (κ2) is 2.27. The second-order valence-electron chi connectivity index (χ2n) is 5.49. The molecule has 0 aromatic carbocycles. The van der Waals surface area contributed by atoms with Gasteiger partial charge in [-0.15, -0.1) is 0 Å². The maximum absolute atomic E-state index is 2.43. The van der Waals surface area contributed by atoms with Crippen molar-refractivity contribution in [1.29, 1.82) is 0 Å². The first-order valence-corrected chi connectivity index (χ1v) is 5.84. The summed E-state index contributed by atoms with van der Waals surface area (Å²) in [5, 5.41) is 0. The quantitative estimate of drug-likeness (QED) is 0.555. The molecule has 3 aliphatic rings. The highest BCUT2D eigenvalue weighted by Gasteiger charge is 2.53. The summed E-state index contributed by atoms with van der Waals surface area (Å²) in [5.41, 5.74) is 0.845. The third kappa shape index (κ3) is 0.744. The number of hydrogen-bond acceptors (Lipinski definition) is 0. The molecular formula is C12H20. The SMILES string of the molecule is CCC12CCC(C1)[C@@H]1CCC2C1. The van der Waals surface area contributed by atoms with Crippen LogP contribution < -0.4 is 0 Å². The highest BCUT2D eigenvalue weighted by Crippen LogP contribution is 2.63. The summed E-state index contributed by atoms with van der Waals surface area (Å²) in [6.45, 7) is 2.43. The van der Waals surface area contributed by atoms with Gasteiger partial charge in [0.1, 0.15) is 0 Å². The molecule has 4 bridgehead atoms. The second-order valence-corrected chi connectivity index (χ2v) is 5.49. The largest absolute Gasteiger partial charge is 0.0648 e. The van der Waals surface area contributed by atoms with Gasteiger partial charge in [-0.2, -0.15) is 0 Å². The van der Waals surface area contributed by atoms with Crippen LogP contribution in [-0.2, 0) is 0 Å². The van der Waals surface area contributed by atoms with E-state index in [1.807, 2.05) is 0 Å². The molecule has 4 atom stereocenters. The van der Waals surface area contributed by atoms with E-state index < -0.39 is 0 Å². The lowest BCUT2D eigenvalue weighted by atomic mass is 9.67. The molecule has 0 radical (unpaired) electrons. The Kier molecular flexibility index (Phi) is 1.40. The molecule has 68 valence electrons. The standard InChI is InChI=1S/C12H20/c1-2-12-6-5-10(8-12)9-3-4-11(12)7-9/h9-11H,2-8H2,1H3/t9-,10?,11?,12?/m1/s1. The van der Waals surface area contributed by atoms with E-state index >= 15 is 0 Å². The van der Waals surface area contributed by atoms with Gasteiger partial charge in [0.15, 0.2) is 0 Å². The summed E-state index contributed by atoms with van der Waals surface area (Å²) in [5.74, 6) is 3.46. The minimum absolute atomic E-state index is 0.845. The van der Waals surface area contributed by atoms with Crippen LogP contribution in [0.5, 0.6) is 0 Å². The molecule has 3 rings (SSSR count).